The molecule has 0 saturated carbocycles. The fourth-order valence-electron chi connectivity index (χ4n) is 8.77. The Kier molecular flexibility index (Phi) is 32.1. The summed E-state index contributed by atoms with van der Waals surface area (Å²) in [5.74, 6) is -0.268. The van der Waals surface area contributed by atoms with Crippen LogP contribution in [0.15, 0.2) is 60.7 Å². The summed E-state index contributed by atoms with van der Waals surface area (Å²) in [6.07, 6.45) is 32.1. The highest BCUT2D eigenvalue weighted by atomic mass is 28.4. The molecule has 2 atom stereocenters. The van der Waals surface area contributed by atoms with Crippen LogP contribution in [0.5, 0.6) is 0 Å². The van der Waals surface area contributed by atoms with Gasteiger partial charge in [-0.3, -0.25) is 9.59 Å². The van der Waals surface area contributed by atoms with E-state index in [1.807, 2.05) is 0 Å². The first kappa shape index (κ1) is 55.6. The molecule has 62 heavy (non-hydrogen) atoms. The average Bonchev–Trinajstić information content (AvgIpc) is 3.26. The molecule has 7 heteroatoms. The molecule has 2 aromatic rings. The maximum Gasteiger partial charge on any atom is 0.306 e. The quantitative estimate of drug-likeness (QED) is 0.0377. The van der Waals surface area contributed by atoms with E-state index >= 15 is 0 Å². The van der Waals surface area contributed by atoms with Crippen molar-refractivity contribution >= 4 is 30.6 Å². The first-order chi connectivity index (χ1) is 30.2. The largest absolute Gasteiger partial charge is 0.462 e. The van der Waals surface area contributed by atoms with Crippen molar-refractivity contribution in [2.75, 3.05) is 19.8 Å². The van der Waals surface area contributed by atoms with Crippen molar-refractivity contribution in [3.8, 4) is 0 Å². The van der Waals surface area contributed by atoms with E-state index in [0.29, 0.717) is 25.9 Å². The van der Waals surface area contributed by atoms with Crippen molar-refractivity contribution in [1.29, 1.82) is 0 Å². The molecule has 0 spiro atoms. The molecule has 0 N–H and O–H groups in total. The van der Waals surface area contributed by atoms with E-state index in [0.717, 1.165) is 51.4 Å². The minimum absolute atomic E-state index is 0.0839. The fourth-order valence-corrected chi connectivity index (χ4v) is 13.4. The van der Waals surface area contributed by atoms with Crippen molar-refractivity contribution < 1.29 is 28.2 Å². The third kappa shape index (κ3) is 24.5. The summed E-state index contributed by atoms with van der Waals surface area (Å²) >= 11 is 0. The SMILES string of the molecule is CCCCCCCCCCCCCC(=O)O[C@@H](COCC[C@@H](CCCCCCC)OC(=O)CCCCCCCCCCC)CO[Si](c1ccccc1)(c1ccccc1)C(C)(C)C. The highest BCUT2D eigenvalue weighted by Crippen LogP contribution is 2.37. The predicted molar refractivity (Wildman–Crippen MR) is 265 cm³/mol. The zero-order valence-corrected chi connectivity index (χ0v) is 42.0. The Morgan fingerprint density at radius 1 is 0.468 bits per heavy atom. The number of carbonyl (C=O) groups excluding carboxylic acids is 2. The van der Waals surface area contributed by atoms with Crippen LogP contribution < -0.4 is 10.4 Å². The van der Waals surface area contributed by atoms with Gasteiger partial charge in [-0.15, -0.1) is 0 Å². The molecule has 0 aliphatic heterocycles. The zero-order chi connectivity index (χ0) is 45.0. The van der Waals surface area contributed by atoms with Gasteiger partial charge in [0.1, 0.15) is 12.2 Å². The number of rotatable bonds is 40. The summed E-state index contributed by atoms with van der Waals surface area (Å²) in [6, 6.07) is 21.2. The molecule has 0 aromatic heterocycles. The fraction of sp³-hybridized carbons (Fsp3) is 0.745. The van der Waals surface area contributed by atoms with E-state index in [-0.39, 0.29) is 36.3 Å². The van der Waals surface area contributed by atoms with Crippen LogP contribution in [-0.2, 0) is 28.2 Å². The lowest BCUT2D eigenvalue weighted by molar-refractivity contribution is -0.156. The minimum Gasteiger partial charge on any atom is -0.462 e. The van der Waals surface area contributed by atoms with E-state index in [4.69, 9.17) is 18.6 Å². The van der Waals surface area contributed by atoms with Crippen LogP contribution in [-0.4, -0.2) is 52.3 Å². The Balaban J connectivity index is 2.07. The van der Waals surface area contributed by atoms with Crippen LogP contribution in [0.1, 0.15) is 228 Å². The second-order valence-corrected chi connectivity index (χ2v) is 23.4. The van der Waals surface area contributed by atoms with Crippen molar-refractivity contribution in [3.05, 3.63) is 60.7 Å². The Morgan fingerprint density at radius 2 is 0.839 bits per heavy atom. The maximum atomic E-state index is 13.4. The smallest absolute Gasteiger partial charge is 0.306 e. The van der Waals surface area contributed by atoms with Gasteiger partial charge in [-0.25, -0.2) is 0 Å². The lowest BCUT2D eigenvalue weighted by Crippen LogP contribution is -2.67. The highest BCUT2D eigenvalue weighted by molar-refractivity contribution is 6.99. The number of ether oxygens (including phenoxy) is 3. The standard InChI is InChI=1S/C55H94O6Si/c1-7-10-13-16-18-20-21-23-25-28-37-44-54(57)61-50(48-59-62(55(4,5)6,51-39-32-29-33-40-51)52-41-34-30-35-42-52)47-58-46-45-49(38-31-26-15-12-9-3)60-53(56)43-36-27-24-22-19-17-14-11-8-2/h29-30,32-35,39-42,49-50H,7-28,31,36-38,43-48H2,1-6H3/t49-,50+/m1/s1. The Labute approximate surface area is 382 Å². The highest BCUT2D eigenvalue weighted by Gasteiger charge is 2.50. The molecule has 2 rings (SSSR count). The first-order valence-electron chi connectivity index (χ1n) is 25.9. The topological polar surface area (TPSA) is 71.1 Å². The van der Waals surface area contributed by atoms with Gasteiger partial charge in [-0.1, -0.05) is 243 Å². The second kappa shape index (κ2) is 35.8. The third-order valence-electron chi connectivity index (χ3n) is 12.5. The van der Waals surface area contributed by atoms with E-state index < -0.39 is 14.4 Å². The van der Waals surface area contributed by atoms with Gasteiger partial charge in [-0.05, 0) is 41.1 Å². The predicted octanol–water partition coefficient (Wildman–Crippen LogP) is 14.8. The summed E-state index contributed by atoms with van der Waals surface area (Å²) in [5, 5.41) is 2.18. The molecule has 0 amide bonds. The summed E-state index contributed by atoms with van der Waals surface area (Å²) in [6.45, 7) is 14.5. The normalized spacial score (nSPS) is 12.9. The van der Waals surface area contributed by atoms with E-state index in [2.05, 4.69) is 102 Å². The molecule has 0 saturated heterocycles. The molecular weight excluding hydrogens is 785 g/mol. The van der Waals surface area contributed by atoms with Crippen LogP contribution in [0.2, 0.25) is 5.04 Å². The van der Waals surface area contributed by atoms with Gasteiger partial charge in [-0.2, -0.15) is 0 Å². The van der Waals surface area contributed by atoms with Gasteiger partial charge in [0.25, 0.3) is 8.32 Å². The molecule has 354 valence electrons. The van der Waals surface area contributed by atoms with Crippen LogP contribution in [0.3, 0.4) is 0 Å². The van der Waals surface area contributed by atoms with Crippen molar-refractivity contribution in [2.45, 2.75) is 245 Å². The van der Waals surface area contributed by atoms with Crippen molar-refractivity contribution in [2.24, 2.45) is 0 Å². The Morgan fingerprint density at radius 3 is 1.24 bits per heavy atom. The molecule has 0 radical (unpaired) electrons. The van der Waals surface area contributed by atoms with Gasteiger partial charge >= 0.3 is 11.9 Å². The Bertz CT molecular complexity index is 1300. The van der Waals surface area contributed by atoms with Crippen molar-refractivity contribution in [1.82, 2.24) is 0 Å². The molecule has 0 aliphatic carbocycles. The van der Waals surface area contributed by atoms with Gasteiger partial charge in [0.2, 0.25) is 0 Å². The van der Waals surface area contributed by atoms with Crippen LogP contribution in [0, 0.1) is 0 Å². The molecule has 2 aromatic carbocycles. The van der Waals surface area contributed by atoms with Crippen molar-refractivity contribution in [3.63, 3.8) is 0 Å². The first-order valence-corrected chi connectivity index (χ1v) is 27.8. The van der Waals surface area contributed by atoms with Crippen LogP contribution >= 0.6 is 0 Å². The monoisotopic (exact) mass is 879 g/mol. The molecular formula is C55H94O6Si. The van der Waals surface area contributed by atoms with Crippen LogP contribution in [0.25, 0.3) is 0 Å². The second-order valence-electron chi connectivity index (χ2n) is 19.1. The van der Waals surface area contributed by atoms with Gasteiger partial charge in [0.15, 0.2) is 0 Å². The molecule has 0 aliphatic rings. The summed E-state index contributed by atoms with van der Waals surface area (Å²) in [7, 11) is -2.86. The molecule has 0 fully saturated rings. The van der Waals surface area contributed by atoms with E-state index in [1.165, 1.54) is 126 Å². The number of unbranched alkanes of at least 4 members (excludes halogenated alkanes) is 22. The van der Waals surface area contributed by atoms with Gasteiger partial charge in [0, 0.05) is 19.3 Å². The summed E-state index contributed by atoms with van der Waals surface area (Å²) in [4.78, 5) is 26.5. The molecule has 6 nitrogen and oxygen atoms in total. The number of hydrogen-bond donors (Lipinski definition) is 0. The van der Waals surface area contributed by atoms with Gasteiger partial charge in [0.05, 0.1) is 19.8 Å². The number of benzene rings is 2. The van der Waals surface area contributed by atoms with Gasteiger partial charge < -0.3 is 18.6 Å². The lowest BCUT2D eigenvalue weighted by atomic mass is 10.1. The maximum absolute atomic E-state index is 13.4. The Hall–Kier alpha value is -2.48. The third-order valence-corrected chi connectivity index (χ3v) is 17.5. The number of hydrogen-bond acceptors (Lipinski definition) is 6. The number of carbonyl (C=O) groups is 2. The zero-order valence-electron chi connectivity index (χ0n) is 41.0. The summed E-state index contributed by atoms with van der Waals surface area (Å²) < 4.78 is 26.0. The lowest BCUT2D eigenvalue weighted by Gasteiger charge is -2.43. The summed E-state index contributed by atoms with van der Waals surface area (Å²) in [5.41, 5.74) is 0. The molecule has 0 unspecified atom stereocenters. The molecule has 0 bridgehead atoms. The van der Waals surface area contributed by atoms with E-state index in [9.17, 15) is 9.59 Å². The van der Waals surface area contributed by atoms with E-state index in [1.54, 1.807) is 0 Å². The minimum atomic E-state index is -2.86. The number of esters is 2. The molecule has 0 heterocycles. The van der Waals surface area contributed by atoms with Crippen LogP contribution in [0.4, 0.5) is 0 Å². The average molecular weight is 879 g/mol.